The summed E-state index contributed by atoms with van der Waals surface area (Å²) < 4.78 is 5.61. The van der Waals surface area contributed by atoms with Crippen molar-refractivity contribution < 1.29 is 4.74 Å². The Morgan fingerprint density at radius 1 is 1.12 bits per heavy atom. The van der Waals surface area contributed by atoms with Gasteiger partial charge >= 0.3 is 0 Å². The molecule has 2 N–H and O–H groups in total. The number of hydrogen-bond donors (Lipinski definition) is 1. The minimum atomic E-state index is 0. The second-order valence-electron chi connectivity index (χ2n) is 3.74. The van der Waals surface area contributed by atoms with Gasteiger partial charge in [0.05, 0.1) is 6.61 Å². The number of ether oxygens (including phenoxy) is 1. The monoisotopic (exact) mass is 243 g/mol. The highest BCUT2D eigenvalue weighted by Crippen LogP contribution is 2.12. The Labute approximate surface area is 105 Å². The smallest absolute Gasteiger partial charge is 0.119 e. The fourth-order valence-electron chi connectivity index (χ4n) is 1.46. The van der Waals surface area contributed by atoms with Gasteiger partial charge in [0.1, 0.15) is 5.75 Å². The van der Waals surface area contributed by atoms with E-state index in [1.807, 2.05) is 12.1 Å². The molecular formula is C13H22ClNO. The van der Waals surface area contributed by atoms with Crippen LogP contribution in [0.25, 0.3) is 0 Å². The maximum absolute atomic E-state index is 5.61. The first kappa shape index (κ1) is 15.3. The summed E-state index contributed by atoms with van der Waals surface area (Å²) in [4.78, 5) is 0. The van der Waals surface area contributed by atoms with Crippen LogP contribution in [-0.2, 0) is 6.42 Å². The third-order valence-corrected chi connectivity index (χ3v) is 2.37. The van der Waals surface area contributed by atoms with Crippen LogP contribution in [0, 0.1) is 0 Å². The van der Waals surface area contributed by atoms with Gasteiger partial charge in [-0.15, -0.1) is 12.4 Å². The molecule has 0 atom stereocenters. The lowest BCUT2D eigenvalue weighted by atomic mass is 10.1. The molecule has 0 radical (unpaired) electrons. The van der Waals surface area contributed by atoms with E-state index < -0.39 is 0 Å². The van der Waals surface area contributed by atoms with E-state index in [9.17, 15) is 0 Å². The number of hydrogen-bond acceptors (Lipinski definition) is 2. The first-order valence-corrected chi connectivity index (χ1v) is 5.78. The lowest BCUT2D eigenvalue weighted by Gasteiger charge is -2.06. The van der Waals surface area contributed by atoms with Crippen LogP contribution in [-0.4, -0.2) is 13.2 Å². The van der Waals surface area contributed by atoms with E-state index in [1.54, 1.807) is 0 Å². The molecule has 3 heteroatoms. The summed E-state index contributed by atoms with van der Waals surface area (Å²) in [5, 5.41) is 0. The molecule has 0 heterocycles. The minimum Gasteiger partial charge on any atom is -0.494 e. The summed E-state index contributed by atoms with van der Waals surface area (Å²) in [5.41, 5.74) is 6.76. The molecule has 0 aliphatic rings. The quantitative estimate of drug-likeness (QED) is 0.747. The van der Waals surface area contributed by atoms with Crippen LogP contribution in [0.3, 0.4) is 0 Å². The Kier molecular flexibility index (Phi) is 9.06. The summed E-state index contributed by atoms with van der Waals surface area (Å²) in [5.74, 6) is 0.965. The molecule has 0 saturated heterocycles. The SMILES string of the molecule is CCCCCOc1ccc(CCN)cc1.Cl. The second-order valence-corrected chi connectivity index (χ2v) is 3.74. The zero-order valence-electron chi connectivity index (χ0n) is 9.95. The first-order valence-electron chi connectivity index (χ1n) is 5.78. The van der Waals surface area contributed by atoms with E-state index in [4.69, 9.17) is 10.5 Å². The van der Waals surface area contributed by atoms with Crippen LogP contribution in [0.2, 0.25) is 0 Å². The third-order valence-electron chi connectivity index (χ3n) is 2.37. The van der Waals surface area contributed by atoms with E-state index in [0.717, 1.165) is 25.2 Å². The molecule has 2 nitrogen and oxygen atoms in total. The molecule has 0 bridgehead atoms. The highest BCUT2D eigenvalue weighted by molar-refractivity contribution is 5.85. The summed E-state index contributed by atoms with van der Waals surface area (Å²) in [6.07, 6.45) is 4.56. The molecule has 16 heavy (non-hydrogen) atoms. The number of benzene rings is 1. The average molecular weight is 244 g/mol. The Hall–Kier alpha value is -0.730. The summed E-state index contributed by atoms with van der Waals surface area (Å²) in [6, 6.07) is 8.22. The van der Waals surface area contributed by atoms with Crippen molar-refractivity contribution in [3.05, 3.63) is 29.8 Å². The molecule has 0 spiro atoms. The molecule has 1 rings (SSSR count). The van der Waals surface area contributed by atoms with Crippen molar-refractivity contribution in [1.82, 2.24) is 0 Å². The van der Waals surface area contributed by atoms with Crippen LogP contribution < -0.4 is 10.5 Å². The molecular weight excluding hydrogens is 222 g/mol. The third kappa shape index (κ3) is 5.99. The van der Waals surface area contributed by atoms with Gasteiger partial charge in [-0.2, -0.15) is 0 Å². The lowest BCUT2D eigenvalue weighted by Crippen LogP contribution is -2.02. The Morgan fingerprint density at radius 2 is 1.81 bits per heavy atom. The molecule has 1 aromatic rings. The highest BCUT2D eigenvalue weighted by Gasteiger charge is 1.94. The molecule has 0 saturated carbocycles. The fourth-order valence-corrected chi connectivity index (χ4v) is 1.46. The number of halogens is 1. The molecule has 0 aliphatic carbocycles. The van der Waals surface area contributed by atoms with Crippen LogP contribution >= 0.6 is 12.4 Å². The van der Waals surface area contributed by atoms with Crippen LogP contribution in [0.4, 0.5) is 0 Å². The number of nitrogens with two attached hydrogens (primary N) is 1. The fraction of sp³-hybridized carbons (Fsp3) is 0.538. The molecule has 92 valence electrons. The summed E-state index contributed by atoms with van der Waals surface area (Å²) >= 11 is 0. The van der Waals surface area contributed by atoms with Crippen LogP contribution in [0.15, 0.2) is 24.3 Å². The van der Waals surface area contributed by atoms with Crippen LogP contribution in [0.1, 0.15) is 31.7 Å². The average Bonchev–Trinajstić information content (AvgIpc) is 2.27. The largest absolute Gasteiger partial charge is 0.494 e. The zero-order chi connectivity index (χ0) is 10.9. The summed E-state index contributed by atoms with van der Waals surface area (Å²) in [6.45, 7) is 3.72. The van der Waals surface area contributed by atoms with E-state index in [2.05, 4.69) is 19.1 Å². The van der Waals surface area contributed by atoms with Gasteiger partial charge in [-0.25, -0.2) is 0 Å². The van der Waals surface area contributed by atoms with E-state index in [0.29, 0.717) is 6.54 Å². The Balaban J connectivity index is 0.00000225. The Bertz CT molecular complexity index is 261. The van der Waals surface area contributed by atoms with Crippen molar-refractivity contribution in [2.75, 3.05) is 13.2 Å². The highest BCUT2D eigenvalue weighted by atomic mass is 35.5. The van der Waals surface area contributed by atoms with Gasteiger partial charge in [-0.3, -0.25) is 0 Å². The second kappa shape index (κ2) is 9.49. The number of rotatable bonds is 7. The molecule has 1 aromatic carbocycles. The van der Waals surface area contributed by atoms with Gasteiger partial charge in [0.2, 0.25) is 0 Å². The van der Waals surface area contributed by atoms with Crippen molar-refractivity contribution in [3.8, 4) is 5.75 Å². The van der Waals surface area contributed by atoms with Crippen molar-refractivity contribution in [2.45, 2.75) is 32.6 Å². The topological polar surface area (TPSA) is 35.2 Å². The molecule has 0 aromatic heterocycles. The molecule has 0 aliphatic heterocycles. The number of unbranched alkanes of at least 4 members (excludes halogenated alkanes) is 2. The molecule has 0 amide bonds. The van der Waals surface area contributed by atoms with E-state index in [-0.39, 0.29) is 12.4 Å². The van der Waals surface area contributed by atoms with Crippen molar-refractivity contribution >= 4 is 12.4 Å². The normalized spacial score (nSPS) is 9.62. The van der Waals surface area contributed by atoms with E-state index in [1.165, 1.54) is 18.4 Å². The maximum atomic E-state index is 5.61. The lowest BCUT2D eigenvalue weighted by molar-refractivity contribution is 0.306. The maximum Gasteiger partial charge on any atom is 0.119 e. The predicted octanol–water partition coefficient (Wildman–Crippen LogP) is 3.18. The van der Waals surface area contributed by atoms with Gasteiger partial charge in [-0.1, -0.05) is 31.9 Å². The summed E-state index contributed by atoms with van der Waals surface area (Å²) in [7, 11) is 0. The van der Waals surface area contributed by atoms with Crippen molar-refractivity contribution in [1.29, 1.82) is 0 Å². The standard InChI is InChI=1S/C13H21NO.ClH/c1-2-3-4-11-15-13-7-5-12(6-8-13)9-10-14;/h5-8H,2-4,9-11,14H2,1H3;1H. The zero-order valence-corrected chi connectivity index (χ0v) is 10.8. The first-order chi connectivity index (χ1) is 7.36. The van der Waals surface area contributed by atoms with Gasteiger partial charge in [0.15, 0.2) is 0 Å². The minimum absolute atomic E-state index is 0. The van der Waals surface area contributed by atoms with Crippen molar-refractivity contribution in [2.24, 2.45) is 5.73 Å². The molecule has 0 unspecified atom stereocenters. The molecule has 0 fully saturated rings. The van der Waals surface area contributed by atoms with Gasteiger partial charge in [-0.05, 0) is 37.1 Å². The van der Waals surface area contributed by atoms with E-state index >= 15 is 0 Å². The van der Waals surface area contributed by atoms with Gasteiger partial charge in [0, 0.05) is 0 Å². The Morgan fingerprint density at radius 3 is 2.38 bits per heavy atom. The van der Waals surface area contributed by atoms with Gasteiger partial charge in [0.25, 0.3) is 0 Å². The van der Waals surface area contributed by atoms with Gasteiger partial charge < -0.3 is 10.5 Å². The van der Waals surface area contributed by atoms with Crippen LogP contribution in [0.5, 0.6) is 5.75 Å². The predicted molar refractivity (Wildman–Crippen MR) is 71.5 cm³/mol. The van der Waals surface area contributed by atoms with Crippen molar-refractivity contribution in [3.63, 3.8) is 0 Å².